The highest BCUT2D eigenvalue weighted by molar-refractivity contribution is 9.10. The second-order valence-electron chi connectivity index (χ2n) is 9.72. The standard InChI is InChI=1S/C25H22BrF4N7O2/c1-12-3-6-17(26)34-21(12)35-23(39)16-8-24(2,27)10-37(16)18(38)9-36-15-5-4-13(25(28,29)30)7-14(15)19-20(31)32-11-33-22(19)36/h3-7,11,16H,8-10H2,1-2H3,(H2,31,32,33)(H,34,35,39)/t16-,24+/m0/s1. The number of amides is 2. The molecule has 2 amide bonds. The van der Waals surface area contributed by atoms with Gasteiger partial charge in [0.2, 0.25) is 11.8 Å². The number of halogens is 5. The summed E-state index contributed by atoms with van der Waals surface area (Å²) in [5.74, 6) is -1.01. The van der Waals surface area contributed by atoms with Gasteiger partial charge in [0.1, 0.15) is 46.5 Å². The Morgan fingerprint density at radius 2 is 1.97 bits per heavy atom. The average Bonchev–Trinajstić information content (AvgIpc) is 3.35. The van der Waals surface area contributed by atoms with E-state index in [1.807, 2.05) is 0 Å². The van der Waals surface area contributed by atoms with Crippen LogP contribution in [0.1, 0.15) is 24.5 Å². The molecule has 3 aromatic heterocycles. The topological polar surface area (TPSA) is 119 Å². The SMILES string of the molecule is Cc1ccc(Br)nc1NC(=O)[C@@H]1C[C@@](C)(F)CN1C(=O)Cn1c2ccc(C(F)(F)F)cc2c2c(N)ncnc21. The van der Waals surface area contributed by atoms with Crippen molar-refractivity contribution in [1.82, 2.24) is 24.4 Å². The number of nitrogens with two attached hydrogens (primary N) is 1. The van der Waals surface area contributed by atoms with E-state index < -0.39 is 41.8 Å². The molecule has 0 unspecified atom stereocenters. The van der Waals surface area contributed by atoms with Crippen LogP contribution in [-0.2, 0) is 22.3 Å². The zero-order chi connectivity index (χ0) is 28.3. The number of pyridine rings is 1. The van der Waals surface area contributed by atoms with Crippen LogP contribution >= 0.6 is 15.9 Å². The zero-order valence-corrected chi connectivity index (χ0v) is 22.3. The Morgan fingerprint density at radius 1 is 1.23 bits per heavy atom. The number of nitrogen functional groups attached to an aromatic ring is 1. The van der Waals surface area contributed by atoms with Crippen LogP contribution in [0.5, 0.6) is 0 Å². The summed E-state index contributed by atoms with van der Waals surface area (Å²) in [7, 11) is 0. The van der Waals surface area contributed by atoms with Crippen molar-refractivity contribution in [3.63, 3.8) is 0 Å². The molecule has 204 valence electrons. The highest BCUT2D eigenvalue weighted by Crippen LogP contribution is 2.37. The van der Waals surface area contributed by atoms with Crippen molar-refractivity contribution in [2.24, 2.45) is 0 Å². The summed E-state index contributed by atoms with van der Waals surface area (Å²) in [6.45, 7) is 2.28. The Kier molecular flexibility index (Phi) is 6.48. The number of benzene rings is 1. The summed E-state index contributed by atoms with van der Waals surface area (Å²) >= 11 is 3.24. The highest BCUT2D eigenvalue weighted by atomic mass is 79.9. The van der Waals surface area contributed by atoms with Crippen LogP contribution in [0.4, 0.5) is 29.2 Å². The molecule has 0 spiro atoms. The van der Waals surface area contributed by atoms with Gasteiger partial charge in [-0.25, -0.2) is 19.3 Å². The van der Waals surface area contributed by atoms with Gasteiger partial charge in [0.25, 0.3) is 0 Å². The highest BCUT2D eigenvalue weighted by Gasteiger charge is 2.47. The maximum Gasteiger partial charge on any atom is 0.416 e. The molecule has 1 saturated heterocycles. The van der Waals surface area contributed by atoms with E-state index in [0.29, 0.717) is 10.2 Å². The van der Waals surface area contributed by atoms with E-state index in [1.54, 1.807) is 19.1 Å². The Bertz CT molecular complexity index is 1640. The van der Waals surface area contributed by atoms with Gasteiger partial charge in [-0.3, -0.25) is 9.59 Å². The van der Waals surface area contributed by atoms with E-state index >= 15 is 4.39 Å². The summed E-state index contributed by atoms with van der Waals surface area (Å²) in [4.78, 5) is 40.2. The molecule has 14 heteroatoms. The molecular weight excluding hydrogens is 586 g/mol. The summed E-state index contributed by atoms with van der Waals surface area (Å²) in [6.07, 6.45) is -3.71. The number of anilines is 2. The number of hydrogen-bond donors (Lipinski definition) is 2. The van der Waals surface area contributed by atoms with E-state index in [0.717, 1.165) is 23.4 Å². The number of rotatable bonds is 4. The molecule has 3 N–H and O–H groups in total. The third-order valence-electron chi connectivity index (χ3n) is 6.71. The first-order valence-electron chi connectivity index (χ1n) is 11.8. The molecule has 1 aliphatic rings. The first kappa shape index (κ1) is 26.8. The number of hydrogen-bond acceptors (Lipinski definition) is 6. The molecule has 1 aliphatic heterocycles. The van der Waals surface area contributed by atoms with Crippen molar-refractivity contribution in [2.75, 3.05) is 17.6 Å². The Balaban J connectivity index is 1.51. The number of carbonyl (C=O) groups is 2. The molecule has 39 heavy (non-hydrogen) atoms. The molecule has 1 aromatic carbocycles. The van der Waals surface area contributed by atoms with Crippen molar-refractivity contribution in [1.29, 1.82) is 0 Å². The van der Waals surface area contributed by atoms with Crippen LogP contribution in [0.2, 0.25) is 0 Å². The molecule has 0 radical (unpaired) electrons. The number of carbonyl (C=O) groups excluding carboxylic acids is 2. The lowest BCUT2D eigenvalue weighted by molar-refractivity contribution is -0.137. The molecule has 4 heterocycles. The molecule has 5 rings (SSSR count). The summed E-state index contributed by atoms with van der Waals surface area (Å²) in [5, 5.41) is 2.95. The minimum Gasteiger partial charge on any atom is -0.383 e. The second kappa shape index (κ2) is 9.43. The van der Waals surface area contributed by atoms with Crippen molar-refractivity contribution in [2.45, 2.75) is 44.7 Å². The van der Waals surface area contributed by atoms with Crippen molar-refractivity contribution < 1.29 is 27.2 Å². The third kappa shape index (κ3) is 5.00. The summed E-state index contributed by atoms with van der Waals surface area (Å²) < 4.78 is 57.3. The molecule has 0 aliphatic carbocycles. The quantitative estimate of drug-likeness (QED) is 0.258. The summed E-state index contributed by atoms with van der Waals surface area (Å²) in [5.41, 5.74) is 4.32. The first-order valence-corrected chi connectivity index (χ1v) is 12.6. The first-order chi connectivity index (χ1) is 18.2. The van der Waals surface area contributed by atoms with Crippen LogP contribution < -0.4 is 11.1 Å². The van der Waals surface area contributed by atoms with Crippen LogP contribution in [0, 0.1) is 6.92 Å². The van der Waals surface area contributed by atoms with Gasteiger partial charge in [0, 0.05) is 11.8 Å². The number of nitrogens with zero attached hydrogens (tertiary/aromatic N) is 5. The maximum absolute atomic E-state index is 15.2. The fourth-order valence-electron chi connectivity index (χ4n) is 4.87. The fraction of sp³-hybridized carbons (Fsp3) is 0.320. The maximum atomic E-state index is 15.2. The minimum absolute atomic E-state index is 0.0535. The second-order valence-corrected chi connectivity index (χ2v) is 10.5. The lowest BCUT2D eigenvalue weighted by Gasteiger charge is -2.24. The van der Waals surface area contributed by atoms with Crippen molar-refractivity contribution in [3.8, 4) is 0 Å². The van der Waals surface area contributed by atoms with Gasteiger partial charge < -0.3 is 20.5 Å². The van der Waals surface area contributed by atoms with Gasteiger partial charge in [-0.15, -0.1) is 0 Å². The fourth-order valence-corrected chi connectivity index (χ4v) is 5.18. The number of nitrogens with one attached hydrogen (secondary N) is 1. The number of aromatic nitrogens is 4. The van der Waals surface area contributed by atoms with Gasteiger partial charge >= 0.3 is 6.18 Å². The molecule has 0 bridgehead atoms. The van der Waals surface area contributed by atoms with E-state index in [9.17, 15) is 22.8 Å². The molecular formula is C25H22BrF4N7O2. The Labute approximate surface area is 227 Å². The van der Waals surface area contributed by atoms with Gasteiger partial charge in [-0.2, -0.15) is 13.2 Å². The largest absolute Gasteiger partial charge is 0.416 e. The normalized spacial score (nSPS) is 19.7. The van der Waals surface area contributed by atoms with Crippen LogP contribution in [0.25, 0.3) is 21.9 Å². The lowest BCUT2D eigenvalue weighted by Crippen LogP contribution is -2.44. The molecule has 2 atom stereocenters. The van der Waals surface area contributed by atoms with Crippen LogP contribution in [-0.4, -0.2) is 54.5 Å². The van der Waals surface area contributed by atoms with Crippen molar-refractivity contribution >= 4 is 61.3 Å². The van der Waals surface area contributed by atoms with Crippen LogP contribution in [0.15, 0.2) is 41.3 Å². The number of fused-ring (bicyclic) bond motifs is 3. The Hall–Kier alpha value is -3.81. The van der Waals surface area contributed by atoms with E-state index in [4.69, 9.17) is 5.73 Å². The number of likely N-dealkylation sites (tertiary alicyclic amines) is 1. The smallest absolute Gasteiger partial charge is 0.383 e. The molecule has 0 saturated carbocycles. The molecule has 4 aromatic rings. The predicted molar refractivity (Wildman–Crippen MR) is 139 cm³/mol. The number of alkyl halides is 4. The predicted octanol–water partition coefficient (Wildman–Crippen LogP) is 4.62. The lowest BCUT2D eigenvalue weighted by atomic mass is 10.0. The van der Waals surface area contributed by atoms with Gasteiger partial charge in [0.05, 0.1) is 23.0 Å². The average molecular weight is 608 g/mol. The zero-order valence-electron chi connectivity index (χ0n) is 20.7. The van der Waals surface area contributed by atoms with E-state index in [1.165, 1.54) is 17.6 Å². The van der Waals surface area contributed by atoms with Crippen LogP contribution in [0.3, 0.4) is 0 Å². The van der Waals surface area contributed by atoms with E-state index in [-0.39, 0.29) is 46.5 Å². The third-order valence-corrected chi connectivity index (χ3v) is 7.15. The van der Waals surface area contributed by atoms with Crippen molar-refractivity contribution in [3.05, 3.63) is 52.4 Å². The van der Waals surface area contributed by atoms with E-state index in [2.05, 4.69) is 36.2 Å². The van der Waals surface area contributed by atoms with Gasteiger partial charge in [0.15, 0.2) is 0 Å². The molecule has 9 nitrogen and oxygen atoms in total. The Morgan fingerprint density at radius 3 is 2.69 bits per heavy atom. The minimum atomic E-state index is -4.61. The van der Waals surface area contributed by atoms with Gasteiger partial charge in [-0.05, 0) is 59.6 Å². The monoisotopic (exact) mass is 607 g/mol. The summed E-state index contributed by atoms with van der Waals surface area (Å²) in [6, 6.07) is 5.34. The van der Waals surface area contributed by atoms with Gasteiger partial charge in [-0.1, -0.05) is 6.07 Å². The molecule has 1 fully saturated rings. The number of aryl methyl sites for hydroxylation is 1.